The topological polar surface area (TPSA) is 41.9 Å². The summed E-state index contributed by atoms with van der Waals surface area (Å²) in [5, 5.41) is 0. The van der Waals surface area contributed by atoms with E-state index in [1.54, 1.807) is 0 Å². The Hall–Kier alpha value is -2.40. The second kappa shape index (κ2) is 8.32. The van der Waals surface area contributed by atoms with Gasteiger partial charge in [0.05, 0.1) is 0 Å². The molecule has 1 fully saturated rings. The van der Waals surface area contributed by atoms with Crippen molar-refractivity contribution in [1.82, 2.24) is 15.0 Å². The second-order valence-electron chi connectivity index (χ2n) is 6.41. The van der Waals surface area contributed by atoms with E-state index in [1.807, 2.05) is 60.9 Å². The van der Waals surface area contributed by atoms with Crippen LogP contribution in [0, 0.1) is 0 Å². The number of rotatable bonds is 5. The predicted octanol–water partition coefficient (Wildman–Crippen LogP) is 3.80. The fourth-order valence-corrected chi connectivity index (χ4v) is 4.36. The third-order valence-corrected chi connectivity index (χ3v) is 5.72. The van der Waals surface area contributed by atoms with Gasteiger partial charge < -0.3 is 4.90 Å². The summed E-state index contributed by atoms with van der Waals surface area (Å²) < 4.78 is 0. The molecule has 1 saturated heterocycles. The first kappa shape index (κ1) is 17.0. The lowest BCUT2D eigenvalue weighted by molar-refractivity contribution is 0.770. The van der Waals surface area contributed by atoms with Gasteiger partial charge in [-0.15, -0.1) is 0 Å². The zero-order valence-corrected chi connectivity index (χ0v) is 15.5. The Morgan fingerprint density at radius 3 is 2.15 bits per heavy atom. The van der Waals surface area contributed by atoms with Crippen molar-refractivity contribution >= 4 is 17.6 Å². The number of thioether (sulfide) groups is 1. The van der Waals surface area contributed by atoms with Crippen molar-refractivity contribution in [3.8, 4) is 0 Å². The predicted molar refractivity (Wildman–Crippen MR) is 108 cm³/mol. The Labute approximate surface area is 158 Å². The van der Waals surface area contributed by atoms with Crippen LogP contribution < -0.4 is 4.90 Å². The van der Waals surface area contributed by atoms with E-state index in [-0.39, 0.29) is 5.92 Å². The van der Waals surface area contributed by atoms with Crippen LogP contribution in [0.1, 0.15) is 22.6 Å². The van der Waals surface area contributed by atoms with Crippen molar-refractivity contribution in [1.29, 1.82) is 0 Å². The number of aromatic nitrogens is 3. The Kier molecular flexibility index (Phi) is 5.45. The van der Waals surface area contributed by atoms with Gasteiger partial charge in [0.1, 0.15) is 5.82 Å². The molecular weight excluding hydrogens is 340 g/mol. The molecule has 4 heterocycles. The van der Waals surface area contributed by atoms with Gasteiger partial charge in [-0.3, -0.25) is 9.97 Å². The van der Waals surface area contributed by atoms with E-state index in [1.165, 1.54) is 28.2 Å². The van der Waals surface area contributed by atoms with Gasteiger partial charge in [0, 0.05) is 61.5 Å². The average molecular weight is 363 g/mol. The Morgan fingerprint density at radius 1 is 0.885 bits per heavy atom. The van der Waals surface area contributed by atoms with Gasteiger partial charge in [0.25, 0.3) is 0 Å². The fourth-order valence-electron chi connectivity index (χ4n) is 3.46. The highest BCUT2D eigenvalue weighted by Gasteiger charge is 2.21. The molecule has 1 aliphatic heterocycles. The number of hydrogen-bond donors (Lipinski definition) is 0. The molecule has 4 rings (SSSR count). The van der Waals surface area contributed by atoms with Crippen LogP contribution in [0.25, 0.3) is 0 Å². The van der Waals surface area contributed by atoms with Crippen molar-refractivity contribution in [2.45, 2.75) is 12.3 Å². The highest BCUT2D eigenvalue weighted by Crippen LogP contribution is 2.31. The van der Waals surface area contributed by atoms with Crippen LogP contribution in [0.2, 0.25) is 0 Å². The quantitative estimate of drug-likeness (QED) is 0.691. The van der Waals surface area contributed by atoms with Crippen molar-refractivity contribution in [2.24, 2.45) is 0 Å². The maximum atomic E-state index is 4.73. The highest BCUT2D eigenvalue weighted by molar-refractivity contribution is 7.99. The van der Waals surface area contributed by atoms with E-state index in [0.717, 1.165) is 25.3 Å². The van der Waals surface area contributed by atoms with Crippen LogP contribution in [0.15, 0.2) is 67.4 Å². The van der Waals surface area contributed by atoms with E-state index < -0.39 is 0 Å². The number of hydrogen-bond acceptors (Lipinski definition) is 5. The van der Waals surface area contributed by atoms with Gasteiger partial charge >= 0.3 is 0 Å². The SMILES string of the molecule is c1cncc(C(Cc2cccnc2N2CCSCC2)c2cccnc2)c1. The summed E-state index contributed by atoms with van der Waals surface area (Å²) in [6, 6.07) is 12.6. The van der Waals surface area contributed by atoms with E-state index >= 15 is 0 Å². The van der Waals surface area contributed by atoms with E-state index in [4.69, 9.17) is 4.98 Å². The van der Waals surface area contributed by atoms with Crippen LogP contribution in [0.3, 0.4) is 0 Å². The standard InChI is InChI=1S/C21H22N4S/c1-5-18(15-22-7-1)20(19-6-2-8-23-16-19)14-17-4-3-9-24-21(17)25-10-12-26-13-11-25/h1-9,15-16,20H,10-14H2. The average Bonchev–Trinajstić information content (AvgIpc) is 2.74. The summed E-state index contributed by atoms with van der Waals surface area (Å²) in [6.07, 6.45) is 10.4. The van der Waals surface area contributed by atoms with E-state index in [2.05, 4.69) is 33.1 Å². The molecule has 1 aliphatic rings. The van der Waals surface area contributed by atoms with Crippen molar-refractivity contribution in [2.75, 3.05) is 29.5 Å². The zero-order valence-electron chi connectivity index (χ0n) is 14.7. The van der Waals surface area contributed by atoms with Crippen LogP contribution in [0.5, 0.6) is 0 Å². The Balaban J connectivity index is 1.68. The lowest BCUT2D eigenvalue weighted by atomic mass is 9.87. The lowest BCUT2D eigenvalue weighted by Gasteiger charge is -2.30. The third kappa shape index (κ3) is 3.88. The third-order valence-electron chi connectivity index (χ3n) is 4.78. The van der Waals surface area contributed by atoms with Crippen molar-refractivity contribution < 1.29 is 0 Å². The summed E-state index contributed by atoms with van der Waals surface area (Å²) in [6.45, 7) is 2.14. The summed E-state index contributed by atoms with van der Waals surface area (Å²) in [5.74, 6) is 3.69. The lowest BCUT2D eigenvalue weighted by Crippen LogP contribution is -2.34. The molecule has 0 saturated carbocycles. The molecule has 0 bridgehead atoms. The van der Waals surface area contributed by atoms with Crippen LogP contribution in [-0.2, 0) is 6.42 Å². The maximum absolute atomic E-state index is 4.73. The van der Waals surface area contributed by atoms with Crippen LogP contribution in [0.4, 0.5) is 5.82 Å². The molecular formula is C21H22N4S. The molecule has 0 radical (unpaired) electrons. The summed E-state index contributed by atoms with van der Waals surface area (Å²) in [7, 11) is 0. The molecule has 4 nitrogen and oxygen atoms in total. The second-order valence-corrected chi connectivity index (χ2v) is 7.64. The van der Waals surface area contributed by atoms with Gasteiger partial charge in [-0.25, -0.2) is 4.98 Å². The molecule has 0 N–H and O–H groups in total. The number of pyridine rings is 3. The van der Waals surface area contributed by atoms with E-state index in [0.29, 0.717) is 0 Å². The Morgan fingerprint density at radius 2 is 1.54 bits per heavy atom. The molecule has 5 heteroatoms. The molecule has 0 aliphatic carbocycles. The molecule has 0 atom stereocenters. The monoisotopic (exact) mass is 362 g/mol. The first-order chi connectivity index (χ1) is 12.9. The van der Waals surface area contributed by atoms with Gasteiger partial charge in [-0.05, 0) is 41.3 Å². The molecule has 26 heavy (non-hydrogen) atoms. The number of anilines is 1. The van der Waals surface area contributed by atoms with Crippen LogP contribution >= 0.6 is 11.8 Å². The fraction of sp³-hybridized carbons (Fsp3) is 0.286. The maximum Gasteiger partial charge on any atom is 0.131 e. The van der Waals surface area contributed by atoms with Gasteiger partial charge in [-0.2, -0.15) is 11.8 Å². The van der Waals surface area contributed by atoms with Crippen molar-refractivity contribution in [3.05, 3.63) is 84.1 Å². The zero-order chi connectivity index (χ0) is 17.6. The molecule has 0 unspecified atom stereocenters. The molecule has 0 amide bonds. The summed E-state index contributed by atoms with van der Waals surface area (Å²) >= 11 is 2.02. The molecule has 3 aromatic rings. The minimum Gasteiger partial charge on any atom is -0.355 e. The Bertz CT molecular complexity index is 780. The van der Waals surface area contributed by atoms with Crippen molar-refractivity contribution in [3.63, 3.8) is 0 Å². The van der Waals surface area contributed by atoms with E-state index in [9.17, 15) is 0 Å². The van der Waals surface area contributed by atoms with Gasteiger partial charge in [0.15, 0.2) is 0 Å². The first-order valence-electron chi connectivity index (χ1n) is 8.98. The molecule has 0 aromatic carbocycles. The number of nitrogens with zero attached hydrogens (tertiary/aromatic N) is 4. The van der Waals surface area contributed by atoms with Gasteiger partial charge in [0.2, 0.25) is 0 Å². The molecule has 3 aromatic heterocycles. The minimum atomic E-state index is 0.222. The van der Waals surface area contributed by atoms with Crippen LogP contribution in [-0.4, -0.2) is 39.5 Å². The summed E-state index contributed by atoms with van der Waals surface area (Å²) in [5.41, 5.74) is 3.71. The highest BCUT2D eigenvalue weighted by atomic mass is 32.2. The normalized spacial score (nSPS) is 14.6. The first-order valence-corrected chi connectivity index (χ1v) is 10.1. The molecule has 0 spiro atoms. The molecule has 132 valence electrons. The minimum absolute atomic E-state index is 0.222. The van der Waals surface area contributed by atoms with Gasteiger partial charge in [-0.1, -0.05) is 18.2 Å². The largest absolute Gasteiger partial charge is 0.355 e. The summed E-state index contributed by atoms with van der Waals surface area (Å²) in [4.78, 5) is 15.8. The smallest absolute Gasteiger partial charge is 0.131 e.